The van der Waals surface area contributed by atoms with Crippen LogP contribution < -0.4 is 0 Å². The lowest BCUT2D eigenvalue weighted by Crippen LogP contribution is -2.42. The maximum absolute atomic E-state index is 2.58. The van der Waals surface area contributed by atoms with Crippen molar-refractivity contribution in [3.05, 3.63) is 11.6 Å². The van der Waals surface area contributed by atoms with E-state index in [0.717, 1.165) is 23.7 Å². The summed E-state index contributed by atoms with van der Waals surface area (Å²) >= 11 is 0. The van der Waals surface area contributed by atoms with Crippen LogP contribution in [0, 0.1) is 29.6 Å². The average Bonchev–Trinajstić information content (AvgIpc) is 2.29. The molecule has 4 aliphatic carbocycles. The first-order valence-electron chi connectivity index (χ1n) is 8.08. The Balaban J connectivity index is 1.56. The predicted molar refractivity (Wildman–Crippen MR) is 71.7 cm³/mol. The molecule has 3 unspecified atom stereocenters. The molecule has 3 saturated carbocycles. The number of allylic oxidation sites excluding steroid dienone is 2. The molecule has 0 aromatic carbocycles. The normalized spacial score (nSPS) is 48.9. The number of rotatable bonds is 0. The van der Waals surface area contributed by atoms with E-state index in [0.29, 0.717) is 0 Å². The second kappa shape index (κ2) is 4.14. The van der Waals surface area contributed by atoms with Gasteiger partial charge in [0.2, 0.25) is 0 Å². The maximum Gasteiger partial charge on any atom is -0.0292 e. The van der Waals surface area contributed by atoms with Gasteiger partial charge in [0.05, 0.1) is 0 Å². The van der Waals surface area contributed by atoms with Gasteiger partial charge < -0.3 is 0 Å². The van der Waals surface area contributed by atoms with Crippen LogP contribution in [0.3, 0.4) is 0 Å². The van der Waals surface area contributed by atoms with Crippen LogP contribution in [0.25, 0.3) is 0 Å². The fraction of sp³-hybridized carbons (Fsp3) is 0.882. The van der Waals surface area contributed by atoms with Gasteiger partial charge in [0.25, 0.3) is 0 Å². The quantitative estimate of drug-likeness (QED) is 0.517. The molecule has 0 amide bonds. The summed E-state index contributed by atoms with van der Waals surface area (Å²) in [5.41, 5.74) is 1.83. The summed E-state index contributed by atoms with van der Waals surface area (Å²) in [7, 11) is 0. The van der Waals surface area contributed by atoms with Gasteiger partial charge in [-0.25, -0.2) is 0 Å². The maximum atomic E-state index is 2.58. The highest BCUT2D eigenvalue weighted by molar-refractivity contribution is 5.09. The van der Waals surface area contributed by atoms with Crippen molar-refractivity contribution in [1.29, 1.82) is 0 Å². The van der Waals surface area contributed by atoms with Crippen molar-refractivity contribution in [3.8, 4) is 0 Å². The zero-order chi connectivity index (χ0) is 11.2. The van der Waals surface area contributed by atoms with Crippen LogP contribution in [0.15, 0.2) is 11.6 Å². The summed E-state index contributed by atoms with van der Waals surface area (Å²) < 4.78 is 0. The summed E-state index contributed by atoms with van der Waals surface area (Å²) in [4.78, 5) is 0. The smallest absolute Gasteiger partial charge is 0.0292 e. The van der Waals surface area contributed by atoms with Crippen LogP contribution in [0.1, 0.15) is 64.2 Å². The molecule has 0 heterocycles. The SMILES string of the molecule is C1=C2CCC3CC[C@H]4CC[C@H]4C3CC(CC1)C2. The first-order valence-corrected chi connectivity index (χ1v) is 8.08. The zero-order valence-corrected chi connectivity index (χ0v) is 11.0. The van der Waals surface area contributed by atoms with Gasteiger partial charge in [0, 0.05) is 0 Å². The van der Waals surface area contributed by atoms with E-state index in [9.17, 15) is 0 Å². The van der Waals surface area contributed by atoms with Crippen LogP contribution in [0.2, 0.25) is 0 Å². The van der Waals surface area contributed by atoms with Crippen molar-refractivity contribution in [2.45, 2.75) is 64.2 Å². The van der Waals surface area contributed by atoms with Crippen LogP contribution >= 0.6 is 0 Å². The lowest BCUT2D eigenvalue weighted by molar-refractivity contribution is -0.00963. The fourth-order valence-electron chi connectivity index (χ4n) is 5.47. The average molecular weight is 230 g/mol. The van der Waals surface area contributed by atoms with Gasteiger partial charge in [0.15, 0.2) is 0 Å². The van der Waals surface area contributed by atoms with Gasteiger partial charge in [-0.1, -0.05) is 11.6 Å². The second-order valence-electron chi connectivity index (χ2n) is 7.29. The minimum atomic E-state index is 1.07. The summed E-state index contributed by atoms with van der Waals surface area (Å²) in [6, 6.07) is 0. The molecule has 0 spiro atoms. The van der Waals surface area contributed by atoms with E-state index >= 15 is 0 Å². The number of fused-ring (bicyclic) bond motifs is 5. The van der Waals surface area contributed by atoms with E-state index < -0.39 is 0 Å². The molecule has 4 aliphatic rings. The van der Waals surface area contributed by atoms with Gasteiger partial charge in [0.1, 0.15) is 0 Å². The van der Waals surface area contributed by atoms with Gasteiger partial charge in [-0.2, -0.15) is 0 Å². The van der Waals surface area contributed by atoms with Gasteiger partial charge >= 0.3 is 0 Å². The Bertz CT molecular complexity index is 327. The Kier molecular flexibility index (Phi) is 2.59. The standard InChI is InChI=1S/C17H26/c1-2-12-4-5-15-7-6-14-8-9-16(14)17(15)11-13(3-1)10-12/h2,13-17H,1,3-11H2/t13?,14-,15?,16+,17?/m0/s1. The van der Waals surface area contributed by atoms with Crippen molar-refractivity contribution in [2.24, 2.45) is 29.6 Å². The third-order valence-electron chi connectivity index (χ3n) is 6.54. The Hall–Kier alpha value is -0.260. The molecule has 0 aromatic heterocycles. The predicted octanol–water partition coefficient (Wildman–Crippen LogP) is 4.95. The molecular formula is C17H26. The van der Waals surface area contributed by atoms with Crippen LogP contribution in [0.5, 0.6) is 0 Å². The summed E-state index contributed by atoms with van der Waals surface area (Å²) in [6.07, 6.45) is 17.8. The first kappa shape index (κ1) is 10.6. The van der Waals surface area contributed by atoms with Gasteiger partial charge in [-0.05, 0) is 93.8 Å². The summed E-state index contributed by atoms with van der Waals surface area (Å²) in [5.74, 6) is 5.66. The molecule has 0 N–H and O–H groups in total. The highest BCUT2D eigenvalue weighted by atomic mass is 14.5. The molecule has 4 rings (SSSR count). The minimum absolute atomic E-state index is 1.07. The molecule has 5 atom stereocenters. The molecule has 0 radical (unpaired) electrons. The lowest BCUT2D eigenvalue weighted by atomic mass is 9.53. The monoisotopic (exact) mass is 230 g/mol. The number of hydrogen-bond donors (Lipinski definition) is 0. The number of hydrogen-bond acceptors (Lipinski definition) is 0. The van der Waals surface area contributed by atoms with Crippen molar-refractivity contribution in [2.75, 3.05) is 0 Å². The third-order valence-corrected chi connectivity index (χ3v) is 6.54. The molecule has 0 saturated heterocycles. The Morgan fingerprint density at radius 2 is 1.65 bits per heavy atom. The Morgan fingerprint density at radius 3 is 2.47 bits per heavy atom. The fourth-order valence-corrected chi connectivity index (χ4v) is 5.47. The molecule has 94 valence electrons. The van der Waals surface area contributed by atoms with E-state index in [2.05, 4.69) is 6.08 Å². The molecular weight excluding hydrogens is 204 g/mol. The van der Waals surface area contributed by atoms with Crippen molar-refractivity contribution in [1.82, 2.24) is 0 Å². The van der Waals surface area contributed by atoms with Crippen LogP contribution in [-0.2, 0) is 0 Å². The molecule has 2 bridgehead atoms. The molecule has 3 fully saturated rings. The highest BCUT2D eigenvalue weighted by Crippen LogP contribution is 2.55. The van der Waals surface area contributed by atoms with E-state index in [-0.39, 0.29) is 0 Å². The summed E-state index contributed by atoms with van der Waals surface area (Å²) in [5, 5.41) is 0. The zero-order valence-electron chi connectivity index (χ0n) is 11.0. The summed E-state index contributed by atoms with van der Waals surface area (Å²) in [6.45, 7) is 0. The molecule has 17 heavy (non-hydrogen) atoms. The van der Waals surface area contributed by atoms with Crippen molar-refractivity contribution >= 4 is 0 Å². The van der Waals surface area contributed by atoms with Crippen molar-refractivity contribution in [3.63, 3.8) is 0 Å². The third kappa shape index (κ3) is 1.79. The lowest BCUT2D eigenvalue weighted by Gasteiger charge is -2.52. The largest absolute Gasteiger partial charge is 0.0853 e. The van der Waals surface area contributed by atoms with Crippen LogP contribution in [-0.4, -0.2) is 0 Å². The molecule has 0 aliphatic heterocycles. The van der Waals surface area contributed by atoms with Crippen LogP contribution in [0.4, 0.5) is 0 Å². The molecule has 0 aromatic rings. The van der Waals surface area contributed by atoms with Gasteiger partial charge in [-0.3, -0.25) is 0 Å². The van der Waals surface area contributed by atoms with E-state index in [4.69, 9.17) is 0 Å². The Labute approximate surface area is 106 Å². The minimum Gasteiger partial charge on any atom is -0.0853 e. The van der Waals surface area contributed by atoms with Gasteiger partial charge in [-0.15, -0.1) is 0 Å². The van der Waals surface area contributed by atoms with E-state index in [1.165, 1.54) is 38.0 Å². The first-order chi connectivity index (χ1) is 8.40. The molecule has 0 nitrogen and oxygen atoms in total. The molecule has 0 heteroatoms. The van der Waals surface area contributed by atoms with Crippen molar-refractivity contribution < 1.29 is 0 Å². The Morgan fingerprint density at radius 1 is 0.824 bits per heavy atom. The second-order valence-corrected chi connectivity index (χ2v) is 7.29. The van der Waals surface area contributed by atoms with E-state index in [1.807, 2.05) is 5.57 Å². The van der Waals surface area contributed by atoms with E-state index in [1.54, 1.807) is 32.1 Å². The highest BCUT2D eigenvalue weighted by Gasteiger charge is 2.45. The topological polar surface area (TPSA) is 0 Å².